The van der Waals surface area contributed by atoms with E-state index in [0.717, 1.165) is 74.4 Å². The van der Waals surface area contributed by atoms with Gasteiger partial charge in [0.2, 0.25) is 5.95 Å². The van der Waals surface area contributed by atoms with Crippen molar-refractivity contribution in [3.05, 3.63) is 77.0 Å². The van der Waals surface area contributed by atoms with Crippen LogP contribution in [0.4, 0.5) is 17.5 Å². The highest BCUT2D eigenvalue weighted by atomic mass is 16.5. The molecule has 0 unspecified atom stereocenters. The Morgan fingerprint density at radius 3 is 2.44 bits per heavy atom. The van der Waals surface area contributed by atoms with Crippen LogP contribution in [0.15, 0.2) is 54.6 Å². The molecule has 1 saturated carbocycles. The van der Waals surface area contributed by atoms with Gasteiger partial charge in [-0.05, 0) is 62.3 Å². The van der Waals surface area contributed by atoms with E-state index in [1.165, 1.54) is 18.2 Å². The first-order valence-electron chi connectivity index (χ1n) is 12.3. The van der Waals surface area contributed by atoms with Gasteiger partial charge < -0.3 is 15.0 Å². The van der Waals surface area contributed by atoms with Crippen LogP contribution in [0.25, 0.3) is 0 Å². The lowest BCUT2D eigenvalue weighted by Crippen LogP contribution is -2.43. The van der Waals surface area contributed by atoms with Crippen molar-refractivity contribution in [2.24, 2.45) is 0 Å². The molecule has 3 aromatic rings. The van der Waals surface area contributed by atoms with Crippen LogP contribution in [-0.2, 0) is 34.3 Å². The van der Waals surface area contributed by atoms with Gasteiger partial charge in [-0.2, -0.15) is 4.98 Å². The minimum absolute atomic E-state index is 0.135. The van der Waals surface area contributed by atoms with Crippen LogP contribution in [-0.4, -0.2) is 29.6 Å². The summed E-state index contributed by atoms with van der Waals surface area (Å²) in [5.74, 6) is 1.53. The molecule has 0 atom stereocenters. The lowest BCUT2D eigenvalue weighted by Gasteiger charge is -2.39. The summed E-state index contributed by atoms with van der Waals surface area (Å²) in [7, 11) is 1.47. The van der Waals surface area contributed by atoms with Crippen LogP contribution in [0.5, 0.6) is 0 Å². The number of anilines is 3. The Hall–Kier alpha value is -3.41. The van der Waals surface area contributed by atoms with Crippen LogP contribution in [0, 0.1) is 0 Å². The number of fused-ring (bicyclic) bond motifs is 1. The molecule has 6 heteroatoms. The van der Waals surface area contributed by atoms with E-state index in [-0.39, 0.29) is 5.97 Å². The summed E-state index contributed by atoms with van der Waals surface area (Å²) in [6.07, 6.45) is 5.88. The van der Waals surface area contributed by atoms with E-state index < -0.39 is 5.41 Å². The number of benzene rings is 2. The summed E-state index contributed by atoms with van der Waals surface area (Å²) in [4.78, 5) is 24.6. The van der Waals surface area contributed by atoms with Crippen LogP contribution in [0.3, 0.4) is 0 Å². The van der Waals surface area contributed by atoms with Crippen molar-refractivity contribution in [2.45, 2.75) is 57.4 Å². The van der Waals surface area contributed by atoms with E-state index in [9.17, 15) is 4.79 Å². The molecule has 176 valence electrons. The molecule has 1 aromatic heterocycles. The Balaban J connectivity index is 1.40. The molecule has 0 amide bonds. The lowest BCUT2D eigenvalue weighted by molar-refractivity contribution is -0.151. The number of rotatable bonds is 8. The van der Waals surface area contributed by atoms with E-state index in [2.05, 4.69) is 41.4 Å². The Bertz CT molecular complexity index is 1160. The molecule has 0 radical (unpaired) electrons. The second-order valence-electron chi connectivity index (χ2n) is 9.28. The van der Waals surface area contributed by atoms with Gasteiger partial charge in [-0.1, -0.05) is 48.9 Å². The molecule has 6 nitrogen and oxygen atoms in total. The zero-order chi connectivity index (χ0) is 23.5. The third-order valence-electron chi connectivity index (χ3n) is 7.29. The third kappa shape index (κ3) is 4.13. The Kier molecular flexibility index (Phi) is 6.22. The number of nitrogens with zero attached hydrogens (tertiary/aromatic N) is 3. The van der Waals surface area contributed by atoms with Crippen molar-refractivity contribution in [3.8, 4) is 0 Å². The van der Waals surface area contributed by atoms with E-state index in [1.807, 2.05) is 30.3 Å². The van der Waals surface area contributed by atoms with Gasteiger partial charge in [-0.25, -0.2) is 4.98 Å². The molecule has 2 aliphatic carbocycles. The van der Waals surface area contributed by atoms with Crippen molar-refractivity contribution in [1.82, 2.24) is 9.97 Å². The van der Waals surface area contributed by atoms with E-state index in [1.54, 1.807) is 0 Å². The SMILES string of the molecule is CCN(Cc1ccccc1)c1nc(Nc2ccc(C3(C(=O)OC)CCC3)cc2)nc2c1CCC2. The molecular formula is C28H32N4O2. The number of carbonyl (C=O) groups excluding carboxylic acids is 1. The fourth-order valence-electron chi connectivity index (χ4n) is 5.21. The summed E-state index contributed by atoms with van der Waals surface area (Å²) in [6.45, 7) is 3.88. The van der Waals surface area contributed by atoms with Gasteiger partial charge in [0.1, 0.15) is 5.82 Å². The number of aryl methyl sites for hydroxylation is 1. The number of methoxy groups -OCH3 is 1. The molecule has 0 saturated heterocycles. The molecular weight excluding hydrogens is 424 g/mol. The number of hydrogen-bond donors (Lipinski definition) is 1. The molecule has 2 aromatic carbocycles. The molecule has 0 bridgehead atoms. The average molecular weight is 457 g/mol. The minimum atomic E-state index is -0.483. The minimum Gasteiger partial charge on any atom is -0.468 e. The maximum atomic E-state index is 12.4. The van der Waals surface area contributed by atoms with Gasteiger partial charge in [0.15, 0.2) is 0 Å². The first kappa shape index (κ1) is 22.4. The fraction of sp³-hybridized carbons (Fsp3) is 0.393. The van der Waals surface area contributed by atoms with Gasteiger partial charge in [-0.15, -0.1) is 0 Å². The van der Waals surface area contributed by atoms with Crippen LogP contribution in [0.1, 0.15) is 55.0 Å². The van der Waals surface area contributed by atoms with E-state index >= 15 is 0 Å². The summed E-state index contributed by atoms with van der Waals surface area (Å²) in [5, 5.41) is 3.41. The highest BCUT2D eigenvalue weighted by molar-refractivity contribution is 5.84. The molecule has 5 rings (SSSR count). The Morgan fingerprint density at radius 1 is 1.03 bits per heavy atom. The Morgan fingerprint density at radius 2 is 1.79 bits per heavy atom. The quantitative estimate of drug-likeness (QED) is 0.462. The average Bonchev–Trinajstić information content (AvgIpc) is 3.32. The molecule has 34 heavy (non-hydrogen) atoms. The number of nitrogens with one attached hydrogen (secondary N) is 1. The lowest BCUT2D eigenvalue weighted by atomic mass is 9.64. The molecule has 0 aliphatic heterocycles. The number of hydrogen-bond acceptors (Lipinski definition) is 6. The van der Waals surface area contributed by atoms with Crippen LogP contribution in [0.2, 0.25) is 0 Å². The highest BCUT2D eigenvalue weighted by Crippen LogP contribution is 2.45. The van der Waals surface area contributed by atoms with Gasteiger partial charge in [0.25, 0.3) is 0 Å². The third-order valence-corrected chi connectivity index (χ3v) is 7.29. The summed E-state index contributed by atoms with van der Waals surface area (Å²) < 4.78 is 5.09. The summed E-state index contributed by atoms with van der Waals surface area (Å²) >= 11 is 0. The number of esters is 1. The molecule has 1 fully saturated rings. The second kappa shape index (κ2) is 9.45. The molecule has 2 aliphatic rings. The maximum absolute atomic E-state index is 12.4. The zero-order valence-corrected chi connectivity index (χ0v) is 20.0. The first-order chi connectivity index (χ1) is 16.6. The highest BCUT2D eigenvalue weighted by Gasteiger charge is 2.46. The smallest absolute Gasteiger partial charge is 0.316 e. The molecule has 0 spiro atoms. The predicted molar refractivity (Wildman–Crippen MR) is 134 cm³/mol. The van der Waals surface area contributed by atoms with Crippen molar-refractivity contribution in [1.29, 1.82) is 0 Å². The van der Waals surface area contributed by atoms with Gasteiger partial charge >= 0.3 is 5.97 Å². The van der Waals surface area contributed by atoms with Gasteiger partial charge in [-0.3, -0.25) is 4.79 Å². The van der Waals surface area contributed by atoms with Crippen molar-refractivity contribution >= 4 is 23.4 Å². The van der Waals surface area contributed by atoms with Crippen molar-refractivity contribution < 1.29 is 9.53 Å². The van der Waals surface area contributed by atoms with Gasteiger partial charge in [0.05, 0.1) is 18.2 Å². The molecule has 1 N–H and O–H groups in total. The predicted octanol–water partition coefficient (Wildman–Crippen LogP) is 5.33. The van der Waals surface area contributed by atoms with Crippen LogP contribution >= 0.6 is 0 Å². The van der Waals surface area contributed by atoms with Crippen molar-refractivity contribution in [2.75, 3.05) is 23.9 Å². The van der Waals surface area contributed by atoms with E-state index in [0.29, 0.717) is 5.95 Å². The van der Waals surface area contributed by atoms with Crippen molar-refractivity contribution in [3.63, 3.8) is 0 Å². The second-order valence-corrected chi connectivity index (χ2v) is 9.28. The molecule has 1 heterocycles. The maximum Gasteiger partial charge on any atom is 0.316 e. The number of aromatic nitrogens is 2. The fourth-order valence-corrected chi connectivity index (χ4v) is 5.21. The monoisotopic (exact) mass is 456 g/mol. The summed E-state index contributed by atoms with van der Waals surface area (Å²) in [5.41, 5.74) is 5.16. The first-order valence-corrected chi connectivity index (χ1v) is 12.3. The topological polar surface area (TPSA) is 67.4 Å². The van der Waals surface area contributed by atoms with Crippen LogP contribution < -0.4 is 10.2 Å². The largest absolute Gasteiger partial charge is 0.468 e. The summed E-state index contributed by atoms with van der Waals surface area (Å²) in [6, 6.07) is 18.6. The van der Waals surface area contributed by atoms with E-state index in [4.69, 9.17) is 14.7 Å². The Labute approximate surface area is 201 Å². The zero-order valence-electron chi connectivity index (χ0n) is 20.0. The normalized spacial score (nSPS) is 15.8. The number of ether oxygens (including phenoxy) is 1. The van der Waals surface area contributed by atoms with Gasteiger partial charge in [0, 0.05) is 24.3 Å². The standard InChI is InChI=1S/C28H32N4O2/c1-3-32(19-20-9-5-4-6-10-20)25-23-11-7-12-24(23)30-27(31-25)29-22-15-13-21(14-16-22)28(17-8-18-28)26(33)34-2/h4-6,9-10,13-16H,3,7-8,11-12,17-19H2,1-2H3,(H,29,30,31). The number of carbonyl (C=O) groups is 1.